The first kappa shape index (κ1) is 24.3. The number of aromatic nitrogens is 1. The molecule has 1 aliphatic heterocycles. The van der Waals surface area contributed by atoms with Gasteiger partial charge in [0.05, 0.1) is 17.2 Å². The monoisotopic (exact) mass is 490 g/mol. The molecule has 3 rings (SSSR count). The Balaban J connectivity index is 1.35. The average Bonchev–Trinajstić information content (AvgIpc) is 2.76. The van der Waals surface area contributed by atoms with Crippen LogP contribution in [-0.4, -0.2) is 55.2 Å². The number of hydrogen-bond donors (Lipinski definition) is 1. The van der Waals surface area contributed by atoms with Crippen LogP contribution >= 0.6 is 23.2 Å². The smallest absolute Gasteiger partial charge is 0.417 e. The second-order valence-corrected chi connectivity index (χ2v) is 8.09. The molecule has 1 aromatic heterocycles. The normalized spacial score (nSPS) is 14.4. The van der Waals surface area contributed by atoms with Crippen molar-refractivity contribution in [3.05, 3.63) is 52.1 Å². The highest BCUT2D eigenvalue weighted by Crippen LogP contribution is 2.33. The highest BCUT2D eigenvalue weighted by atomic mass is 35.5. The first-order valence-corrected chi connectivity index (χ1v) is 10.9. The van der Waals surface area contributed by atoms with Gasteiger partial charge in [-0.05, 0) is 43.2 Å². The van der Waals surface area contributed by atoms with Crippen LogP contribution < -0.4 is 15.0 Å². The molecule has 32 heavy (non-hydrogen) atoms. The molecule has 1 fully saturated rings. The van der Waals surface area contributed by atoms with Gasteiger partial charge in [-0.15, -0.1) is 0 Å². The van der Waals surface area contributed by atoms with Crippen LogP contribution in [0.3, 0.4) is 0 Å². The van der Waals surface area contributed by atoms with Gasteiger partial charge in [0.25, 0.3) is 0 Å². The fourth-order valence-electron chi connectivity index (χ4n) is 3.19. The fourth-order valence-corrected chi connectivity index (χ4v) is 3.61. The van der Waals surface area contributed by atoms with E-state index in [9.17, 15) is 18.0 Å². The summed E-state index contributed by atoms with van der Waals surface area (Å²) in [6.07, 6.45) is -2.16. The van der Waals surface area contributed by atoms with E-state index < -0.39 is 11.7 Å². The van der Waals surface area contributed by atoms with Crippen molar-refractivity contribution >= 4 is 35.1 Å². The number of nitrogens with one attached hydrogen (secondary N) is 1. The molecule has 0 bridgehead atoms. The second kappa shape index (κ2) is 11.0. The van der Waals surface area contributed by atoms with Crippen molar-refractivity contribution in [3.8, 4) is 5.75 Å². The summed E-state index contributed by atoms with van der Waals surface area (Å²) in [6.45, 7) is 2.77. The Morgan fingerprint density at radius 1 is 1.09 bits per heavy atom. The number of anilines is 1. The van der Waals surface area contributed by atoms with Gasteiger partial charge in [-0.2, -0.15) is 13.2 Å². The molecule has 2 heterocycles. The van der Waals surface area contributed by atoms with Crippen LogP contribution in [0.2, 0.25) is 10.0 Å². The molecule has 1 aliphatic rings. The maximum absolute atomic E-state index is 12.8. The predicted octanol–water partition coefficient (Wildman–Crippen LogP) is 5.10. The van der Waals surface area contributed by atoms with Crippen LogP contribution in [-0.2, 0) is 6.18 Å². The molecule has 2 amide bonds. The Bertz CT molecular complexity index is 905. The number of alkyl halides is 3. The molecule has 1 N–H and O–H groups in total. The Morgan fingerprint density at radius 2 is 1.78 bits per heavy atom. The Labute approximate surface area is 194 Å². The third-order valence-electron chi connectivity index (χ3n) is 4.95. The van der Waals surface area contributed by atoms with Crippen LogP contribution in [0.15, 0.2) is 36.5 Å². The number of unbranched alkanes of at least 4 members (excludes halogenated alkanes) is 1. The van der Waals surface area contributed by atoms with Crippen molar-refractivity contribution < 1.29 is 22.7 Å². The number of hydrogen-bond acceptors (Lipinski definition) is 4. The molecule has 1 saturated heterocycles. The van der Waals surface area contributed by atoms with Crippen LogP contribution in [0.25, 0.3) is 0 Å². The Morgan fingerprint density at radius 3 is 2.41 bits per heavy atom. The number of ether oxygens (including phenoxy) is 1. The molecule has 1 aromatic carbocycles. The highest BCUT2D eigenvalue weighted by molar-refractivity contribution is 6.33. The number of benzene rings is 1. The lowest BCUT2D eigenvalue weighted by Crippen LogP contribution is -2.52. The standard InChI is InChI=1S/C21H23Cl2F3N4O2/c22-16-3-5-17(6-4-16)32-12-2-1-7-27-20(31)30-10-8-29(9-11-30)19-18(23)13-15(14-28-19)21(24,25)26/h3-6,13-14H,1-2,7-12H2,(H,27,31). The topological polar surface area (TPSA) is 57.7 Å². The molecular weight excluding hydrogens is 468 g/mol. The van der Waals surface area contributed by atoms with E-state index in [1.54, 1.807) is 34.1 Å². The summed E-state index contributed by atoms with van der Waals surface area (Å²) in [7, 11) is 0. The highest BCUT2D eigenvalue weighted by Gasteiger charge is 2.32. The molecule has 11 heteroatoms. The molecule has 174 valence electrons. The fraction of sp³-hybridized carbons (Fsp3) is 0.429. The number of amides is 2. The van der Waals surface area contributed by atoms with Crippen molar-refractivity contribution in [3.63, 3.8) is 0 Å². The molecular formula is C21H23Cl2F3N4O2. The van der Waals surface area contributed by atoms with Gasteiger partial charge in [-0.25, -0.2) is 9.78 Å². The van der Waals surface area contributed by atoms with Crippen LogP contribution in [0.1, 0.15) is 18.4 Å². The molecule has 0 saturated carbocycles. The molecule has 0 aliphatic carbocycles. The van der Waals surface area contributed by atoms with Crippen LogP contribution in [0, 0.1) is 0 Å². The number of carbonyl (C=O) groups excluding carboxylic acids is 1. The first-order chi connectivity index (χ1) is 15.2. The zero-order valence-electron chi connectivity index (χ0n) is 17.2. The number of nitrogens with zero attached hydrogens (tertiary/aromatic N) is 3. The lowest BCUT2D eigenvalue weighted by Gasteiger charge is -2.35. The van der Waals surface area contributed by atoms with E-state index in [-0.39, 0.29) is 11.1 Å². The van der Waals surface area contributed by atoms with Gasteiger partial charge >= 0.3 is 12.2 Å². The van der Waals surface area contributed by atoms with Gasteiger partial charge in [-0.3, -0.25) is 0 Å². The minimum atomic E-state index is -4.49. The zero-order chi connectivity index (χ0) is 23.1. The Kier molecular flexibility index (Phi) is 8.31. The lowest BCUT2D eigenvalue weighted by atomic mass is 10.2. The number of pyridine rings is 1. The van der Waals surface area contributed by atoms with Gasteiger partial charge in [-0.1, -0.05) is 23.2 Å². The van der Waals surface area contributed by atoms with Crippen molar-refractivity contribution in [2.75, 3.05) is 44.2 Å². The van der Waals surface area contributed by atoms with Crippen molar-refractivity contribution in [2.24, 2.45) is 0 Å². The predicted molar refractivity (Wildman–Crippen MR) is 118 cm³/mol. The Hall–Kier alpha value is -2.39. The summed E-state index contributed by atoms with van der Waals surface area (Å²) in [4.78, 5) is 19.7. The van der Waals surface area contributed by atoms with Gasteiger partial charge in [0.15, 0.2) is 0 Å². The summed E-state index contributed by atoms with van der Waals surface area (Å²) in [5, 5.41) is 3.47. The minimum Gasteiger partial charge on any atom is -0.494 e. The summed E-state index contributed by atoms with van der Waals surface area (Å²) in [5.74, 6) is 1.04. The largest absolute Gasteiger partial charge is 0.494 e. The van der Waals surface area contributed by atoms with E-state index in [1.165, 1.54) is 0 Å². The number of halogens is 5. The van der Waals surface area contributed by atoms with Crippen molar-refractivity contribution in [2.45, 2.75) is 19.0 Å². The van der Waals surface area contributed by atoms with E-state index in [2.05, 4.69) is 10.3 Å². The van der Waals surface area contributed by atoms with E-state index in [0.29, 0.717) is 50.2 Å². The second-order valence-electron chi connectivity index (χ2n) is 7.24. The summed E-state index contributed by atoms with van der Waals surface area (Å²) in [5.41, 5.74) is -0.886. The molecule has 6 nitrogen and oxygen atoms in total. The third-order valence-corrected chi connectivity index (χ3v) is 5.48. The van der Waals surface area contributed by atoms with E-state index in [0.717, 1.165) is 30.9 Å². The molecule has 2 aromatic rings. The number of rotatable bonds is 7. The van der Waals surface area contributed by atoms with Gasteiger partial charge in [0.2, 0.25) is 0 Å². The van der Waals surface area contributed by atoms with Crippen molar-refractivity contribution in [1.29, 1.82) is 0 Å². The first-order valence-electron chi connectivity index (χ1n) is 10.1. The third kappa shape index (κ3) is 6.80. The van der Waals surface area contributed by atoms with Gasteiger partial charge < -0.3 is 19.9 Å². The van der Waals surface area contributed by atoms with Crippen LogP contribution in [0.4, 0.5) is 23.8 Å². The van der Waals surface area contributed by atoms with Gasteiger partial charge in [0.1, 0.15) is 11.6 Å². The molecule has 0 radical (unpaired) electrons. The summed E-state index contributed by atoms with van der Waals surface area (Å²) >= 11 is 11.8. The molecule has 0 spiro atoms. The summed E-state index contributed by atoms with van der Waals surface area (Å²) < 4.78 is 43.9. The number of carbonyl (C=O) groups is 1. The lowest BCUT2D eigenvalue weighted by molar-refractivity contribution is -0.137. The van der Waals surface area contributed by atoms with E-state index in [1.807, 2.05) is 0 Å². The summed E-state index contributed by atoms with van der Waals surface area (Å²) in [6, 6.07) is 7.83. The van der Waals surface area contributed by atoms with E-state index >= 15 is 0 Å². The van der Waals surface area contributed by atoms with E-state index in [4.69, 9.17) is 27.9 Å². The zero-order valence-corrected chi connectivity index (χ0v) is 18.7. The molecule has 0 unspecified atom stereocenters. The maximum atomic E-state index is 12.8. The van der Waals surface area contributed by atoms with Crippen molar-refractivity contribution in [1.82, 2.24) is 15.2 Å². The quantitative estimate of drug-likeness (QED) is 0.548. The van der Waals surface area contributed by atoms with Gasteiger partial charge in [0, 0.05) is 43.9 Å². The number of piperazine rings is 1. The number of urea groups is 1. The minimum absolute atomic E-state index is 0.0569. The van der Waals surface area contributed by atoms with Crippen LogP contribution in [0.5, 0.6) is 5.75 Å². The SMILES string of the molecule is O=C(NCCCCOc1ccc(Cl)cc1)N1CCN(c2ncc(C(F)(F)F)cc2Cl)CC1. The molecule has 0 atom stereocenters. The average molecular weight is 491 g/mol. The maximum Gasteiger partial charge on any atom is 0.417 e.